The van der Waals surface area contributed by atoms with Gasteiger partial charge < -0.3 is 20.1 Å². The zero-order valence-corrected chi connectivity index (χ0v) is 13.7. The van der Waals surface area contributed by atoms with Gasteiger partial charge in [-0.1, -0.05) is 6.07 Å². The molecule has 1 aromatic rings. The van der Waals surface area contributed by atoms with Crippen LogP contribution in [0.3, 0.4) is 0 Å². The third kappa shape index (κ3) is 3.10. The summed E-state index contributed by atoms with van der Waals surface area (Å²) >= 11 is 0. The van der Waals surface area contributed by atoms with Gasteiger partial charge in [-0.3, -0.25) is 0 Å². The number of fused-ring (bicyclic) bond motifs is 1. The molecule has 2 N–H and O–H groups in total. The predicted octanol–water partition coefficient (Wildman–Crippen LogP) is 3.18. The molecule has 2 amide bonds. The zero-order chi connectivity index (χ0) is 16.0. The fraction of sp³-hybridized carbons (Fsp3) is 0.588. The van der Waals surface area contributed by atoms with Gasteiger partial charge in [-0.05, 0) is 57.4 Å². The number of hydrogen-bond donors (Lipinski definition) is 2. The Morgan fingerprint density at radius 3 is 2.59 bits per heavy atom. The van der Waals surface area contributed by atoms with Gasteiger partial charge in [0.15, 0.2) is 0 Å². The van der Waals surface area contributed by atoms with Crippen molar-refractivity contribution in [3.05, 3.63) is 29.3 Å². The van der Waals surface area contributed by atoms with E-state index in [1.165, 1.54) is 5.56 Å². The molecule has 0 saturated carbocycles. The Morgan fingerprint density at radius 2 is 1.91 bits per heavy atom. The van der Waals surface area contributed by atoms with E-state index in [1.807, 2.05) is 32.0 Å². The lowest BCUT2D eigenvalue weighted by molar-refractivity contribution is -0.0689. The predicted molar refractivity (Wildman–Crippen MR) is 84.7 cm³/mol. The summed E-state index contributed by atoms with van der Waals surface area (Å²) in [7, 11) is 0. The molecule has 0 spiro atoms. The molecule has 0 unspecified atom stereocenters. The number of carbonyl (C=O) groups excluding carboxylic acids is 1. The summed E-state index contributed by atoms with van der Waals surface area (Å²) in [4.78, 5) is 12.3. The molecule has 0 radical (unpaired) electrons. The summed E-state index contributed by atoms with van der Waals surface area (Å²) in [6.07, 6.45) is 0.797. The molecule has 1 fully saturated rings. The maximum Gasteiger partial charge on any atom is 0.319 e. The van der Waals surface area contributed by atoms with E-state index in [2.05, 4.69) is 24.5 Å². The van der Waals surface area contributed by atoms with Gasteiger partial charge in [0, 0.05) is 5.69 Å². The van der Waals surface area contributed by atoms with E-state index in [0.29, 0.717) is 13.2 Å². The highest BCUT2D eigenvalue weighted by atomic mass is 16.5. The van der Waals surface area contributed by atoms with Crippen LogP contribution in [0, 0.1) is 0 Å². The molecule has 3 rings (SSSR count). The van der Waals surface area contributed by atoms with E-state index in [9.17, 15) is 4.79 Å². The fourth-order valence-corrected chi connectivity index (χ4v) is 3.36. The average molecular weight is 304 g/mol. The first kappa shape index (κ1) is 15.3. The van der Waals surface area contributed by atoms with Crippen molar-refractivity contribution < 1.29 is 14.3 Å². The summed E-state index contributed by atoms with van der Waals surface area (Å²) in [5.41, 5.74) is 2.54. The summed E-state index contributed by atoms with van der Waals surface area (Å²) < 4.78 is 11.4. The van der Waals surface area contributed by atoms with Crippen LogP contribution < -0.4 is 10.6 Å². The van der Waals surface area contributed by atoms with Gasteiger partial charge >= 0.3 is 6.03 Å². The summed E-state index contributed by atoms with van der Waals surface area (Å²) in [6.45, 7) is 9.40. The first-order valence-electron chi connectivity index (χ1n) is 7.72. The molecule has 0 aromatic heterocycles. The van der Waals surface area contributed by atoms with Crippen LogP contribution in [0.1, 0.15) is 45.2 Å². The lowest BCUT2D eigenvalue weighted by atomic mass is 9.95. The van der Waals surface area contributed by atoms with Crippen LogP contribution in [-0.4, -0.2) is 23.3 Å². The molecule has 5 heteroatoms. The third-order valence-electron chi connectivity index (χ3n) is 4.36. The minimum absolute atomic E-state index is 0.0136. The molecule has 0 aliphatic carbocycles. The van der Waals surface area contributed by atoms with Crippen molar-refractivity contribution in [2.75, 3.05) is 5.32 Å². The molecule has 120 valence electrons. The molecular formula is C17H24N2O3. The van der Waals surface area contributed by atoms with Gasteiger partial charge in [-0.2, -0.15) is 0 Å². The zero-order valence-electron chi connectivity index (χ0n) is 13.7. The first-order valence-corrected chi connectivity index (χ1v) is 7.72. The Labute approximate surface area is 131 Å². The highest BCUT2D eigenvalue weighted by molar-refractivity contribution is 5.89. The normalized spacial score (nSPS) is 24.8. The quantitative estimate of drug-likeness (QED) is 0.882. The van der Waals surface area contributed by atoms with Gasteiger partial charge in [0.25, 0.3) is 0 Å². The van der Waals surface area contributed by atoms with Crippen LogP contribution in [-0.2, 0) is 22.7 Å². The van der Waals surface area contributed by atoms with Crippen molar-refractivity contribution in [3.63, 3.8) is 0 Å². The number of urea groups is 1. The van der Waals surface area contributed by atoms with Gasteiger partial charge in [-0.25, -0.2) is 4.79 Å². The van der Waals surface area contributed by atoms with E-state index in [1.54, 1.807) is 0 Å². The largest absolute Gasteiger partial charge is 0.372 e. The first-order chi connectivity index (χ1) is 10.3. The number of carbonyl (C=O) groups is 1. The van der Waals surface area contributed by atoms with Gasteiger partial charge in [-0.15, -0.1) is 0 Å². The van der Waals surface area contributed by atoms with E-state index >= 15 is 0 Å². The van der Waals surface area contributed by atoms with Gasteiger partial charge in [0.1, 0.15) is 0 Å². The number of anilines is 1. The van der Waals surface area contributed by atoms with E-state index in [-0.39, 0.29) is 23.3 Å². The smallest absolute Gasteiger partial charge is 0.319 e. The lowest BCUT2D eigenvalue weighted by Crippen LogP contribution is -2.47. The van der Waals surface area contributed by atoms with Crippen molar-refractivity contribution in [1.82, 2.24) is 5.32 Å². The molecule has 2 aliphatic heterocycles. The lowest BCUT2D eigenvalue weighted by Gasteiger charge is -2.27. The number of hydrogen-bond acceptors (Lipinski definition) is 3. The fourth-order valence-electron chi connectivity index (χ4n) is 3.36. The number of ether oxygens (including phenoxy) is 2. The molecule has 5 nitrogen and oxygen atoms in total. The molecule has 1 saturated heterocycles. The van der Waals surface area contributed by atoms with Gasteiger partial charge in [0.05, 0.1) is 30.5 Å². The highest BCUT2D eigenvalue weighted by Gasteiger charge is 2.46. The topological polar surface area (TPSA) is 59.6 Å². The minimum Gasteiger partial charge on any atom is -0.372 e. The number of rotatable bonds is 2. The Balaban J connectivity index is 1.63. The van der Waals surface area contributed by atoms with E-state index in [0.717, 1.165) is 17.7 Å². The van der Waals surface area contributed by atoms with Crippen LogP contribution in [0.25, 0.3) is 0 Å². The van der Waals surface area contributed by atoms with E-state index in [4.69, 9.17) is 9.47 Å². The number of benzene rings is 1. The average Bonchev–Trinajstić information content (AvgIpc) is 2.90. The Kier molecular flexibility index (Phi) is 3.65. The number of nitrogens with one attached hydrogen (secondary N) is 2. The third-order valence-corrected chi connectivity index (χ3v) is 4.36. The summed E-state index contributed by atoms with van der Waals surface area (Å²) in [6, 6.07) is 5.68. The second-order valence-electron chi connectivity index (χ2n) is 7.30. The van der Waals surface area contributed by atoms with Crippen LogP contribution in [0.4, 0.5) is 10.5 Å². The van der Waals surface area contributed by atoms with Gasteiger partial charge in [0.2, 0.25) is 0 Å². The van der Waals surface area contributed by atoms with Crippen molar-refractivity contribution in [2.24, 2.45) is 0 Å². The molecule has 1 aromatic carbocycles. The Bertz CT molecular complexity index is 596. The summed E-state index contributed by atoms with van der Waals surface area (Å²) in [5, 5.41) is 5.94. The molecule has 2 aliphatic rings. The van der Waals surface area contributed by atoms with Crippen LogP contribution in [0.2, 0.25) is 0 Å². The maximum absolute atomic E-state index is 12.3. The Hall–Kier alpha value is -1.59. The van der Waals surface area contributed by atoms with Crippen LogP contribution in [0.15, 0.2) is 18.2 Å². The standard InChI is InChI=1S/C17H24N2O3/c1-16(2)8-14(17(3,4)22-16)19-15(20)18-13-6-5-11-9-21-10-12(11)7-13/h5-7,14H,8-10H2,1-4H3,(H2,18,19,20)/t14-/m1/s1. The number of amides is 2. The van der Waals surface area contributed by atoms with E-state index < -0.39 is 0 Å². The van der Waals surface area contributed by atoms with Crippen molar-refractivity contribution in [1.29, 1.82) is 0 Å². The molecule has 0 bridgehead atoms. The second-order valence-corrected chi connectivity index (χ2v) is 7.30. The van der Waals surface area contributed by atoms with Crippen LogP contribution >= 0.6 is 0 Å². The molecule has 1 atom stereocenters. The molecular weight excluding hydrogens is 280 g/mol. The maximum atomic E-state index is 12.3. The van der Waals surface area contributed by atoms with Crippen molar-refractivity contribution >= 4 is 11.7 Å². The molecule has 2 heterocycles. The SMILES string of the molecule is CC1(C)C[C@@H](NC(=O)Nc2ccc3c(c2)COC3)C(C)(C)O1. The summed E-state index contributed by atoms with van der Waals surface area (Å²) in [5.74, 6) is 0. The monoisotopic (exact) mass is 304 g/mol. The highest BCUT2D eigenvalue weighted by Crippen LogP contribution is 2.37. The van der Waals surface area contributed by atoms with Crippen molar-refractivity contribution in [3.8, 4) is 0 Å². The van der Waals surface area contributed by atoms with Crippen LogP contribution in [0.5, 0.6) is 0 Å². The minimum atomic E-state index is -0.368. The van der Waals surface area contributed by atoms with Crippen molar-refractivity contribution in [2.45, 2.75) is 64.6 Å². The molecule has 22 heavy (non-hydrogen) atoms. The Morgan fingerprint density at radius 1 is 1.18 bits per heavy atom. The second kappa shape index (κ2) is 5.25.